The first-order valence-electron chi connectivity index (χ1n) is 10.7. The van der Waals surface area contributed by atoms with Gasteiger partial charge in [0, 0.05) is 13.1 Å². The number of nitrogens with zero attached hydrogens (tertiary/aromatic N) is 2. The average Bonchev–Trinajstić information content (AvgIpc) is 2.87. The van der Waals surface area contributed by atoms with Crippen LogP contribution in [0.15, 0.2) is 47.4 Å². The molecule has 2 aliphatic rings. The van der Waals surface area contributed by atoms with E-state index in [-0.39, 0.29) is 28.9 Å². The van der Waals surface area contributed by atoms with E-state index in [0.29, 0.717) is 36.6 Å². The van der Waals surface area contributed by atoms with Gasteiger partial charge in [-0.25, -0.2) is 13.2 Å². The van der Waals surface area contributed by atoms with Crippen molar-refractivity contribution in [2.45, 2.75) is 23.8 Å². The Morgan fingerprint density at radius 3 is 2.59 bits per heavy atom. The number of amides is 1. The molecule has 0 bridgehead atoms. The number of sulfonamides is 1. The van der Waals surface area contributed by atoms with E-state index in [2.05, 4.69) is 0 Å². The Morgan fingerprint density at radius 2 is 1.88 bits per heavy atom. The number of rotatable bonds is 5. The lowest BCUT2D eigenvalue weighted by Crippen LogP contribution is -2.52. The van der Waals surface area contributed by atoms with Crippen molar-refractivity contribution in [2.24, 2.45) is 5.92 Å². The van der Waals surface area contributed by atoms with Crippen molar-refractivity contribution in [3.8, 4) is 11.5 Å². The fourth-order valence-electron chi connectivity index (χ4n) is 4.24. The molecule has 0 spiro atoms. The number of para-hydroxylation sites is 2. The first-order valence-corrected chi connectivity index (χ1v) is 12.6. The molecule has 2 atom stereocenters. The van der Waals surface area contributed by atoms with E-state index in [1.165, 1.54) is 41.6 Å². The zero-order valence-electron chi connectivity index (χ0n) is 18.8. The molecule has 9 nitrogen and oxygen atoms in total. The van der Waals surface area contributed by atoms with E-state index in [4.69, 9.17) is 25.8 Å². The van der Waals surface area contributed by atoms with E-state index in [9.17, 15) is 18.0 Å². The fourth-order valence-corrected chi connectivity index (χ4v) is 6.11. The van der Waals surface area contributed by atoms with Crippen LogP contribution in [0.3, 0.4) is 0 Å². The third kappa shape index (κ3) is 4.57. The number of benzene rings is 2. The number of ether oxygens (including phenoxy) is 3. The topological polar surface area (TPSA) is 102 Å². The summed E-state index contributed by atoms with van der Waals surface area (Å²) in [6, 6.07) is 11.2. The molecular weight excluding hydrogens is 484 g/mol. The summed E-state index contributed by atoms with van der Waals surface area (Å²) in [6.45, 7) is 0.299. The fraction of sp³-hybridized carbons (Fsp3) is 0.391. The van der Waals surface area contributed by atoms with Gasteiger partial charge in [0.1, 0.15) is 11.5 Å². The second-order valence-electron chi connectivity index (χ2n) is 8.04. The molecule has 1 fully saturated rings. The van der Waals surface area contributed by atoms with Gasteiger partial charge >= 0.3 is 5.97 Å². The summed E-state index contributed by atoms with van der Waals surface area (Å²) in [6.07, 6.45) is 0.0801. The normalized spacial score (nSPS) is 20.7. The molecule has 0 unspecified atom stereocenters. The number of methoxy groups -OCH3 is 2. The standard InChI is InChI=1S/C23H25ClN2O7S/c1-31-19-10-9-16(12-17(19)24)34(29,30)25-11-5-6-15(13-25)22(27)26-14-21(23(28)32-2)33-20-8-4-3-7-18(20)26/h3-4,7-10,12,15,21H,5-6,11,13-14H2,1-2H3/t15-,21+/m0/s1. The molecule has 11 heteroatoms. The number of esters is 1. The summed E-state index contributed by atoms with van der Waals surface area (Å²) in [5, 5.41) is 0.187. The smallest absolute Gasteiger partial charge is 0.348 e. The third-order valence-corrected chi connectivity index (χ3v) is 8.15. The van der Waals surface area contributed by atoms with Gasteiger partial charge in [-0.2, -0.15) is 4.31 Å². The molecule has 0 aromatic heterocycles. The Bertz CT molecular complexity index is 1200. The molecule has 1 saturated heterocycles. The second-order valence-corrected chi connectivity index (χ2v) is 10.4. The first kappa shape index (κ1) is 24.3. The quantitative estimate of drug-likeness (QED) is 0.572. The third-order valence-electron chi connectivity index (χ3n) is 6.00. The maximum Gasteiger partial charge on any atom is 0.348 e. The number of fused-ring (bicyclic) bond motifs is 1. The predicted molar refractivity (Wildman–Crippen MR) is 125 cm³/mol. The van der Waals surface area contributed by atoms with Crippen molar-refractivity contribution >= 4 is 39.2 Å². The average molecular weight is 509 g/mol. The van der Waals surface area contributed by atoms with Gasteiger partial charge in [-0.1, -0.05) is 23.7 Å². The molecule has 2 aromatic rings. The van der Waals surface area contributed by atoms with Crippen LogP contribution < -0.4 is 14.4 Å². The van der Waals surface area contributed by atoms with Gasteiger partial charge in [-0.15, -0.1) is 0 Å². The van der Waals surface area contributed by atoms with Crippen LogP contribution in [-0.4, -0.2) is 64.6 Å². The SMILES string of the molecule is COC(=O)[C@H]1CN(C(=O)[C@H]2CCCN(S(=O)(=O)c3ccc(OC)c(Cl)c3)C2)c2ccccc2O1. The minimum atomic E-state index is -3.87. The van der Waals surface area contributed by atoms with Crippen molar-refractivity contribution in [2.75, 3.05) is 38.8 Å². The minimum absolute atomic E-state index is 0.0140. The van der Waals surface area contributed by atoms with Crippen LogP contribution in [0.2, 0.25) is 5.02 Å². The molecule has 0 N–H and O–H groups in total. The molecule has 182 valence electrons. The van der Waals surface area contributed by atoms with Crippen LogP contribution in [0.1, 0.15) is 12.8 Å². The Kier molecular flexibility index (Phi) is 7.01. The van der Waals surface area contributed by atoms with Gasteiger partial charge in [0.05, 0.1) is 42.3 Å². The Balaban J connectivity index is 1.57. The Hall–Kier alpha value is -2.82. The maximum atomic E-state index is 13.6. The summed E-state index contributed by atoms with van der Waals surface area (Å²) < 4.78 is 43.5. The highest BCUT2D eigenvalue weighted by Crippen LogP contribution is 2.36. The summed E-state index contributed by atoms with van der Waals surface area (Å²) in [7, 11) is -1.16. The van der Waals surface area contributed by atoms with E-state index < -0.39 is 28.0 Å². The maximum absolute atomic E-state index is 13.6. The van der Waals surface area contributed by atoms with Crippen molar-refractivity contribution in [3.05, 3.63) is 47.5 Å². The van der Waals surface area contributed by atoms with Crippen LogP contribution in [0.25, 0.3) is 0 Å². The summed E-state index contributed by atoms with van der Waals surface area (Å²) in [5.74, 6) is -0.667. The number of hydrogen-bond donors (Lipinski definition) is 0. The van der Waals surface area contributed by atoms with Crippen LogP contribution in [0, 0.1) is 5.92 Å². The van der Waals surface area contributed by atoms with Crippen molar-refractivity contribution < 1.29 is 32.2 Å². The highest BCUT2D eigenvalue weighted by atomic mass is 35.5. The zero-order chi connectivity index (χ0) is 24.5. The van der Waals surface area contributed by atoms with E-state index in [1.54, 1.807) is 24.3 Å². The Morgan fingerprint density at radius 1 is 1.12 bits per heavy atom. The monoisotopic (exact) mass is 508 g/mol. The molecule has 2 aromatic carbocycles. The number of carbonyl (C=O) groups excluding carboxylic acids is 2. The first-order chi connectivity index (χ1) is 16.3. The largest absolute Gasteiger partial charge is 0.495 e. The number of carbonyl (C=O) groups is 2. The molecule has 34 heavy (non-hydrogen) atoms. The van der Waals surface area contributed by atoms with Gasteiger partial charge in [0.2, 0.25) is 22.0 Å². The minimum Gasteiger partial charge on any atom is -0.495 e. The Labute approximate surface area is 203 Å². The number of halogens is 1. The molecule has 0 saturated carbocycles. The zero-order valence-corrected chi connectivity index (χ0v) is 20.3. The van der Waals surface area contributed by atoms with Crippen LogP contribution >= 0.6 is 11.6 Å². The van der Waals surface area contributed by atoms with Gasteiger partial charge in [0.15, 0.2) is 0 Å². The molecule has 4 rings (SSSR count). The lowest BCUT2D eigenvalue weighted by atomic mass is 9.97. The predicted octanol–water partition coefficient (Wildman–Crippen LogP) is 2.72. The highest BCUT2D eigenvalue weighted by molar-refractivity contribution is 7.89. The van der Waals surface area contributed by atoms with E-state index in [0.717, 1.165) is 0 Å². The lowest BCUT2D eigenvalue weighted by molar-refractivity contribution is -0.148. The van der Waals surface area contributed by atoms with Crippen molar-refractivity contribution in [3.63, 3.8) is 0 Å². The molecule has 2 heterocycles. The number of anilines is 1. The molecule has 0 aliphatic carbocycles. The van der Waals surface area contributed by atoms with Gasteiger partial charge in [0.25, 0.3) is 0 Å². The summed E-state index contributed by atoms with van der Waals surface area (Å²) in [4.78, 5) is 27.2. The highest BCUT2D eigenvalue weighted by Gasteiger charge is 2.40. The van der Waals surface area contributed by atoms with E-state index in [1.807, 2.05) is 0 Å². The van der Waals surface area contributed by atoms with Crippen LogP contribution in [0.5, 0.6) is 11.5 Å². The van der Waals surface area contributed by atoms with Crippen LogP contribution in [-0.2, 0) is 24.3 Å². The molecule has 1 amide bonds. The lowest BCUT2D eigenvalue weighted by Gasteiger charge is -2.38. The van der Waals surface area contributed by atoms with Gasteiger partial charge < -0.3 is 19.1 Å². The summed E-state index contributed by atoms with van der Waals surface area (Å²) >= 11 is 6.14. The molecule has 2 aliphatic heterocycles. The van der Waals surface area contributed by atoms with Crippen molar-refractivity contribution in [1.82, 2.24) is 4.31 Å². The van der Waals surface area contributed by atoms with Gasteiger partial charge in [-0.3, -0.25) is 4.79 Å². The number of piperidine rings is 1. The molecule has 0 radical (unpaired) electrons. The number of hydrogen-bond acceptors (Lipinski definition) is 7. The summed E-state index contributed by atoms with van der Waals surface area (Å²) in [5.41, 5.74) is 0.537. The second kappa shape index (κ2) is 9.81. The van der Waals surface area contributed by atoms with Crippen molar-refractivity contribution in [1.29, 1.82) is 0 Å². The van der Waals surface area contributed by atoms with Crippen LogP contribution in [0.4, 0.5) is 5.69 Å². The molecular formula is C23H25ClN2O7S. The van der Waals surface area contributed by atoms with E-state index >= 15 is 0 Å². The van der Waals surface area contributed by atoms with Gasteiger partial charge in [-0.05, 0) is 43.2 Å².